The monoisotopic (exact) mass is 322 g/mol. The van der Waals surface area contributed by atoms with Crippen molar-refractivity contribution in [1.82, 2.24) is 5.32 Å². The highest BCUT2D eigenvalue weighted by Gasteiger charge is 2.23. The van der Waals surface area contributed by atoms with Gasteiger partial charge in [0.05, 0.1) is 18.0 Å². The Bertz CT molecular complexity index is 554. The van der Waals surface area contributed by atoms with Crippen LogP contribution in [0.25, 0.3) is 0 Å². The van der Waals surface area contributed by atoms with Crippen molar-refractivity contribution in [1.29, 1.82) is 0 Å². The molecule has 0 saturated carbocycles. The Morgan fingerprint density at radius 2 is 1.87 bits per heavy atom. The molecule has 1 amide bonds. The summed E-state index contributed by atoms with van der Waals surface area (Å²) >= 11 is 0. The molecule has 7 nitrogen and oxygen atoms in total. The van der Waals surface area contributed by atoms with E-state index in [0.29, 0.717) is 12.0 Å². The quantitative estimate of drug-likeness (QED) is 0.449. The molecule has 0 fully saturated rings. The van der Waals surface area contributed by atoms with E-state index in [2.05, 4.69) is 5.32 Å². The van der Waals surface area contributed by atoms with Crippen LogP contribution in [-0.2, 0) is 20.7 Å². The first kappa shape index (κ1) is 18.6. The number of esters is 1. The summed E-state index contributed by atoms with van der Waals surface area (Å²) in [7, 11) is 0. The summed E-state index contributed by atoms with van der Waals surface area (Å²) in [5, 5.41) is 13.3. The average Bonchev–Trinajstić information content (AvgIpc) is 2.46. The lowest BCUT2D eigenvalue weighted by Gasteiger charge is -2.19. The number of hydrogen-bond acceptors (Lipinski definition) is 5. The maximum absolute atomic E-state index is 12.1. The number of ether oxygens (including phenoxy) is 1. The van der Waals surface area contributed by atoms with E-state index in [4.69, 9.17) is 4.74 Å². The summed E-state index contributed by atoms with van der Waals surface area (Å²) in [6, 6.07) is 5.07. The highest BCUT2D eigenvalue weighted by Crippen LogP contribution is 2.13. The van der Waals surface area contributed by atoms with Gasteiger partial charge in [-0.1, -0.05) is 26.0 Å². The van der Waals surface area contributed by atoms with Crippen LogP contribution in [-0.4, -0.2) is 29.4 Å². The lowest BCUT2D eigenvalue weighted by atomic mass is 10.0. The first-order chi connectivity index (χ1) is 10.8. The largest absolute Gasteiger partial charge is 0.464 e. The number of carbonyl (C=O) groups is 2. The molecule has 1 rings (SSSR count). The van der Waals surface area contributed by atoms with Crippen molar-refractivity contribution in [3.8, 4) is 0 Å². The maximum atomic E-state index is 12.1. The summed E-state index contributed by atoms with van der Waals surface area (Å²) in [5.74, 6) is -0.542. The second-order valence-electron chi connectivity index (χ2n) is 5.60. The van der Waals surface area contributed by atoms with Crippen LogP contribution in [0.2, 0.25) is 0 Å². The van der Waals surface area contributed by atoms with Crippen molar-refractivity contribution in [2.75, 3.05) is 6.61 Å². The molecule has 7 heteroatoms. The molecule has 0 bridgehead atoms. The predicted molar refractivity (Wildman–Crippen MR) is 84.8 cm³/mol. The van der Waals surface area contributed by atoms with E-state index < -0.39 is 16.9 Å². The number of amides is 1. The van der Waals surface area contributed by atoms with Gasteiger partial charge in [0.2, 0.25) is 5.91 Å². The minimum Gasteiger partial charge on any atom is -0.464 e. The maximum Gasteiger partial charge on any atom is 0.328 e. The molecular formula is C16H22N2O5. The fourth-order valence-corrected chi connectivity index (χ4v) is 2.09. The first-order valence-corrected chi connectivity index (χ1v) is 7.52. The molecule has 1 unspecified atom stereocenters. The van der Waals surface area contributed by atoms with E-state index in [9.17, 15) is 19.7 Å². The number of carbonyl (C=O) groups excluding carboxylic acids is 2. The second kappa shape index (κ2) is 8.87. The molecule has 23 heavy (non-hydrogen) atoms. The zero-order valence-electron chi connectivity index (χ0n) is 13.6. The molecule has 0 heterocycles. The van der Waals surface area contributed by atoms with E-state index in [0.717, 1.165) is 0 Å². The van der Waals surface area contributed by atoms with Crippen LogP contribution >= 0.6 is 0 Å². The molecule has 0 aliphatic carbocycles. The number of non-ortho nitro benzene ring substituents is 1. The van der Waals surface area contributed by atoms with Gasteiger partial charge in [-0.2, -0.15) is 0 Å². The van der Waals surface area contributed by atoms with Crippen molar-refractivity contribution in [2.45, 2.75) is 39.7 Å². The van der Waals surface area contributed by atoms with Crippen molar-refractivity contribution in [3.05, 3.63) is 39.9 Å². The standard InChI is InChI=1S/C16H22N2O5/c1-4-23-16(20)14(9-11(2)3)17-15(19)10-12-5-7-13(8-6-12)18(21)22/h5-8,11,14H,4,9-10H2,1-3H3,(H,17,19). The molecule has 0 aliphatic rings. The summed E-state index contributed by atoms with van der Waals surface area (Å²) in [6.07, 6.45) is 0.539. The third-order valence-corrected chi connectivity index (χ3v) is 3.13. The van der Waals surface area contributed by atoms with Crippen LogP contribution in [0.4, 0.5) is 5.69 Å². The SMILES string of the molecule is CCOC(=O)C(CC(C)C)NC(=O)Cc1ccc([N+](=O)[O-])cc1. The van der Waals surface area contributed by atoms with E-state index in [-0.39, 0.29) is 30.5 Å². The van der Waals surface area contributed by atoms with Crippen LogP contribution in [0.1, 0.15) is 32.8 Å². The number of nitrogens with zero attached hydrogens (tertiary/aromatic N) is 1. The number of rotatable bonds is 8. The predicted octanol–water partition coefficient (Wildman–Crippen LogP) is 2.23. The zero-order valence-corrected chi connectivity index (χ0v) is 13.6. The Labute approximate surface area is 135 Å². The van der Waals surface area contributed by atoms with Gasteiger partial charge in [0.15, 0.2) is 0 Å². The van der Waals surface area contributed by atoms with Gasteiger partial charge in [-0.15, -0.1) is 0 Å². The molecule has 1 N–H and O–H groups in total. The number of nitrogens with one attached hydrogen (secondary N) is 1. The van der Waals surface area contributed by atoms with Crippen LogP contribution in [0, 0.1) is 16.0 Å². The van der Waals surface area contributed by atoms with E-state index in [1.54, 1.807) is 6.92 Å². The molecule has 1 atom stereocenters. The Kier molecular flexibility index (Phi) is 7.18. The molecule has 0 aliphatic heterocycles. The Balaban J connectivity index is 2.67. The summed E-state index contributed by atoms with van der Waals surface area (Å²) < 4.78 is 4.97. The van der Waals surface area contributed by atoms with Gasteiger partial charge in [-0.25, -0.2) is 4.79 Å². The van der Waals surface area contributed by atoms with Gasteiger partial charge in [0.1, 0.15) is 6.04 Å². The second-order valence-corrected chi connectivity index (χ2v) is 5.60. The molecule has 126 valence electrons. The topological polar surface area (TPSA) is 98.5 Å². The Morgan fingerprint density at radius 1 is 1.26 bits per heavy atom. The number of benzene rings is 1. The molecule has 0 saturated heterocycles. The van der Waals surface area contributed by atoms with Gasteiger partial charge in [-0.05, 0) is 24.8 Å². The van der Waals surface area contributed by atoms with Gasteiger partial charge in [0.25, 0.3) is 5.69 Å². The molecule has 1 aromatic rings. The van der Waals surface area contributed by atoms with Gasteiger partial charge < -0.3 is 10.1 Å². The normalized spacial score (nSPS) is 11.8. The third kappa shape index (κ3) is 6.46. The van der Waals surface area contributed by atoms with Crippen LogP contribution in [0.5, 0.6) is 0 Å². The van der Waals surface area contributed by atoms with Crippen LogP contribution in [0.15, 0.2) is 24.3 Å². The molecule has 1 aromatic carbocycles. The summed E-state index contributed by atoms with van der Waals surface area (Å²) in [6.45, 7) is 5.87. The van der Waals surface area contributed by atoms with Crippen molar-refractivity contribution in [2.24, 2.45) is 5.92 Å². The molecule has 0 spiro atoms. The third-order valence-electron chi connectivity index (χ3n) is 3.13. The first-order valence-electron chi connectivity index (χ1n) is 7.52. The van der Waals surface area contributed by atoms with E-state index >= 15 is 0 Å². The number of nitro groups is 1. The molecule has 0 radical (unpaired) electrons. The van der Waals surface area contributed by atoms with Gasteiger partial charge in [-0.3, -0.25) is 14.9 Å². The lowest BCUT2D eigenvalue weighted by molar-refractivity contribution is -0.384. The van der Waals surface area contributed by atoms with Crippen LogP contribution in [0.3, 0.4) is 0 Å². The smallest absolute Gasteiger partial charge is 0.328 e. The highest BCUT2D eigenvalue weighted by atomic mass is 16.6. The average molecular weight is 322 g/mol. The summed E-state index contributed by atoms with van der Waals surface area (Å²) in [5.41, 5.74) is 0.610. The van der Waals surface area contributed by atoms with Crippen molar-refractivity contribution < 1.29 is 19.2 Å². The fourth-order valence-electron chi connectivity index (χ4n) is 2.09. The van der Waals surface area contributed by atoms with Gasteiger partial charge in [0, 0.05) is 12.1 Å². The zero-order chi connectivity index (χ0) is 17.4. The minimum atomic E-state index is -0.680. The molecule has 0 aromatic heterocycles. The van der Waals surface area contributed by atoms with Crippen LogP contribution < -0.4 is 5.32 Å². The van der Waals surface area contributed by atoms with Crippen molar-refractivity contribution in [3.63, 3.8) is 0 Å². The minimum absolute atomic E-state index is 0.0293. The number of nitro benzene ring substituents is 1. The number of hydrogen-bond donors (Lipinski definition) is 1. The van der Waals surface area contributed by atoms with E-state index in [1.165, 1.54) is 24.3 Å². The lowest BCUT2D eigenvalue weighted by Crippen LogP contribution is -2.43. The van der Waals surface area contributed by atoms with Crippen molar-refractivity contribution >= 4 is 17.6 Å². The van der Waals surface area contributed by atoms with Gasteiger partial charge >= 0.3 is 5.97 Å². The Morgan fingerprint density at radius 3 is 2.35 bits per heavy atom. The fraction of sp³-hybridized carbons (Fsp3) is 0.500. The Hall–Kier alpha value is -2.44. The van der Waals surface area contributed by atoms with E-state index in [1.807, 2.05) is 13.8 Å². The highest BCUT2D eigenvalue weighted by molar-refractivity contribution is 5.85. The summed E-state index contributed by atoms with van der Waals surface area (Å²) in [4.78, 5) is 34.1. The molecular weight excluding hydrogens is 300 g/mol.